The summed E-state index contributed by atoms with van der Waals surface area (Å²) in [6, 6.07) is 7.11. The number of hydrogen-bond donors (Lipinski definition) is 3. The van der Waals surface area contributed by atoms with E-state index in [0.717, 1.165) is 0 Å². The number of methoxy groups -OCH3 is 1. The molecule has 0 aliphatic carbocycles. The number of nitrogens with zero attached hydrogens (tertiary/aromatic N) is 1. The van der Waals surface area contributed by atoms with Crippen LogP contribution in [0.1, 0.15) is 10.4 Å². The monoisotopic (exact) mass is 276 g/mol. The van der Waals surface area contributed by atoms with Crippen molar-refractivity contribution in [3.8, 4) is 0 Å². The molecular formula is C14H16N2O4. The zero-order valence-corrected chi connectivity index (χ0v) is 11.0. The van der Waals surface area contributed by atoms with Gasteiger partial charge in [0.15, 0.2) is 0 Å². The first-order chi connectivity index (χ1) is 9.63. The molecule has 0 saturated heterocycles. The molecule has 6 nitrogen and oxygen atoms in total. The minimum atomic E-state index is -1.01. The van der Waals surface area contributed by atoms with Gasteiger partial charge in [0.25, 0.3) is 0 Å². The molecule has 0 aliphatic rings. The van der Waals surface area contributed by atoms with Gasteiger partial charge in [0.2, 0.25) is 0 Å². The Balaban J connectivity index is 2.31. The molecule has 1 aromatic heterocycles. The number of carboxylic acids is 1. The van der Waals surface area contributed by atoms with Gasteiger partial charge in [-0.3, -0.25) is 0 Å². The third kappa shape index (κ3) is 3.04. The van der Waals surface area contributed by atoms with Crippen molar-refractivity contribution in [2.24, 2.45) is 0 Å². The van der Waals surface area contributed by atoms with Crippen molar-refractivity contribution >= 4 is 22.6 Å². The highest BCUT2D eigenvalue weighted by atomic mass is 16.5. The van der Waals surface area contributed by atoms with Crippen LogP contribution < -0.4 is 5.32 Å². The summed E-state index contributed by atoms with van der Waals surface area (Å²) < 4.78 is 4.84. The second-order valence-corrected chi connectivity index (χ2v) is 4.36. The van der Waals surface area contributed by atoms with Crippen LogP contribution in [0.2, 0.25) is 0 Å². The SMILES string of the molecule is COCC(O)CNc1ncc(C(=O)O)c2ccccc12. The summed E-state index contributed by atoms with van der Waals surface area (Å²) in [5, 5.41) is 23.1. The van der Waals surface area contributed by atoms with Gasteiger partial charge in [-0.25, -0.2) is 9.78 Å². The number of pyridine rings is 1. The number of anilines is 1. The molecular weight excluding hydrogens is 260 g/mol. The Morgan fingerprint density at radius 1 is 1.40 bits per heavy atom. The van der Waals surface area contributed by atoms with E-state index >= 15 is 0 Å². The molecule has 0 bridgehead atoms. The molecule has 2 aromatic rings. The van der Waals surface area contributed by atoms with Crippen molar-refractivity contribution in [3.05, 3.63) is 36.0 Å². The van der Waals surface area contributed by atoms with E-state index in [0.29, 0.717) is 16.6 Å². The first kappa shape index (κ1) is 14.2. The zero-order valence-electron chi connectivity index (χ0n) is 11.0. The maximum atomic E-state index is 11.2. The maximum Gasteiger partial charge on any atom is 0.337 e. The van der Waals surface area contributed by atoms with Crippen LogP contribution in [0.25, 0.3) is 10.8 Å². The third-order valence-electron chi connectivity index (χ3n) is 2.89. The molecule has 1 aromatic carbocycles. The molecule has 0 amide bonds. The topological polar surface area (TPSA) is 91.7 Å². The molecule has 3 N–H and O–H groups in total. The molecule has 0 radical (unpaired) electrons. The van der Waals surface area contributed by atoms with Crippen molar-refractivity contribution in [1.82, 2.24) is 4.98 Å². The molecule has 6 heteroatoms. The number of fused-ring (bicyclic) bond motifs is 1. The van der Waals surface area contributed by atoms with Gasteiger partial charge in [0.1, 0.15) is 5.82 Å². The van der Waals surface area contributed by atoms with Gasteiger partial charge in [0, 0.05) is 30.6 Å². The molecule has 2 rings (SSSR count). The Bertz CT molecular complexity index is 615. The zero-order chi connectivity index (χ0) is 14.5. The van der Waals surface area contributed by atoms with Crippen molar-refractivity contribution in [2.75, 3.05) is 25.6 Å². The highest BCUT2D eigenvalue weighted by Gasteiger charge is 2.12. The average Bonchev–Trinajstić information content (AvgIpc) is 2.44. The Hall–Kier alpha value is -2.18. The Kier molecular flexibility index (Phi) is 4.49. The van der Waals surface area contributed by atoms with Crippen molar-refractivity contribution in [1.29, 1.82) is 0 Å². The second kappa shape index (κ2) is 6.31. The molecule has 0 aliphatic heterocycles. The van der Waals surface area contributed by atoms with Gasteiger partial charge < -0.3 is 20.3 Å². The number of carbonyl (C=O) groups is 1. The Morgan fingerprint density at radius 3 is 2.75 bits per heavy atom. The minimum Gasteiger partial charge on any atom is -0.478 e. The molecule has 106 valence electrons. The van der Waals surface area contributed by atoms with E-state index in [1.165, 1.54) is 13.3 Å². The van der Waals surface area contributed by atoms with Crippen molar-refractivity contribution in [3.63, 3.8) is 0 Å². The minimum absolute atomic E-state index is 0.156. The number of aromatic nitrogens is 1. The fourth-order valence-electron chi connectivity index (χ4n) is 1.97. The third-order valence-corrected chi connectivity index (χ3v) is 2.89. The van der Waals surface area contributed by atoms with Crippen LogP contribution in [0, 0.1) is 0 Å². The number of nitrogens with one attached hydrogen (secondary N) is 1. The smallest absolute Gasteiger partial charge is 0.337 e. The molecule has 20 heavy (non-hydrogen) atoms. The van der Waals surface area contributed by atoms with Crippen LogP contribution in [0.15, 0.2) is 30.5 Å². The molecule has 0 fully saturated rings. The lowest BCUT2D eigenvalue weighted by molar-refractivity contribution is 0.0698. The van der Waals surface area contributed by atoms with Gasteiger partial charge >= 0.3 is 5.97 Å². The van der Waals surface area contributed by atoms with Crippen molar-refractivity contribution < 1.29 is 19.7 Å². The van der Waals surface area contributed by atoms with E-state index in [1.54, 1.807) is 18.2 Å². The van der Waals surface area contributed by atoms with Crippen molar-refractivity contribution in [2.45, 2.75) is 6.10 Å². The number of rotatable bonds is 6. The van der Waals surface area contributed by atoms with E-state index in [1.807, 2.05) is 6.07 Å². The average molecular weight is 276 g/mol. The second-order valence-electron chi connectivity index (χ2n) is 4.36. The lowest BCUT2D eigenvalue weighted by atomic mass is 10.1. The van der Waals surface area contributed by atoms with Crippen LogP contribution in [0.5, 0.6) is 0 Å². The van der Waals surface area contributed by atoms with Gasteiger partial charge in [-0.05, 0) is 0 Å². The Labute approximate surface area is 116 Å². The summed E-state index contributed by atoms with van der Waals surface area (Å²) in [5.74, 6) is -0.472. The van der Waals surface area contributed by atoms with E-state index < -0.39 is 12.1 Å². The lowest BCUT2D eigenvalue weighted by Crippen LogP contribution is -2.24. The maximum absolute atomic E-state index is 11.2. The number of carboxylic acid groups (broad SMARTS) is 1. The molecule has 0 saturated carbocycles. The van der Waals surface area contributed by atoms with Crippen LogP contribution in [-0.2, 0) is 4.74 Å². The number of aromatic carboxylic acids is 1. The highest BCUT2D eigenvalue weighted by molar-refractivity contribution is 6.06. The normalized spacial score (nSPS) is 12.3. The summed E-state index contributed by atoms with van der Waals surface area (Å²) in [5.41, 5.74) is 0.156. The summed E-state index contributed by atoms with van der Waals surface area (Å²) in [6.45, 7) is 0.495. The first-order valence-corrected chi connectivity index (χ1v) is 6.15. The predicted octanol–water partition coefficient (Wildman–Crippen LogP) is 1.35. The van der Waals surface area contributed by atoms with Crippen LogP contribution >= 0.6 is 0 Å². The van der Waals surface area contributed by atoms with Gasteiger partial charge in [-0.1, -0.05) is 24.3 Å². The number of benzene rings is 1. The highest BCUT2D eigenvalue weighted by Crippen LogP contribution is 2.24. The van der Waals surface area contributed by atoms with E-state index in [-0.39, 0.29) is 18.7 Å². The number of aliphatic hydroxyl groups is 1. The molecule has 1 unspecified atom stereocenters. The molecule has 0 spiro atoms. The standard InChI is InChI=1S/C14H16N2O4/c1-20-8-9(17)6-15-13-11-5-3-2-4-10(11)12(7-16-13)14(18)19/h2-5,7,9,17H,6,8H2,1H3,(H,15,16)(H,18,19). The summed E-state index contributed by atoms with van der Waals surface area (Å²) in [7, 11) is 1.51. The van der Waals surface area contributed by atoms with Crippen LogP contribution in [0.3, 0.4) is 0 Å². The van der Waals surface area contributed by atoms with E-state index in [9.17, 15) is 9.90 Å². The van der Waals surface area contributed by atoms with Crippen LogP contribution in [0.4, 0.5) is 5.82 Å². The lowest BCUT2D eigenvalue weighted by Gasteiger charge is -2.13. The first-order valence-electron chi connectivity index (χ1n) is 6.15. The fraction of sp³-hybridized carbons (Fsp3) is 0.286. The van der Waals surface area contributed by atoms with Gasteiger partial charge in [-0.15, -0.1) is 0 Å². The van der Waals surface area contributed by atoms with Gasteiger partial charge in [-0.2, -0.15) is 0 Å². The fourth-order valence-corrected chi connectivity index (χ4v) is 1.97. The summed E-state index contributed by atoms with van der Waals surface area (Å²) in [6.07, 6.45) is 0.662. The predicted molar refractivity (Wildman–Crippen MR) is 75.1 cm³/mol. The molecule has 1 atom stereocenters. The number of ether oxygens (including phenoxy) is 1. The quantitative estimate of drug-likeness (QED) is 0.737. The van der Waals surface area contributed by atoms with Gasteiger partial charge in [0.05, 0.1) is 18.3 Å². The van der Waals surface area contributed by atoms with Crippen LogP contribution in [-0.4, -0.2) is 47.5 Å². The molecule has 1 heterocycles. The number of aliphatic hydroxyl groups excluding tert-OH is 1. The number of hydrogen-bond acceptors (Lipinski definition) is 5. The largest absolute Gasteiger partial charge is 0.478 e. The Morgan fingerprint density at radius 2 is 2.10 bits per heavy atom. The van der Waals surface area contributed by atoms with E-state index in [2.05, 4.69) is 10.3 Å². The van der Waals surface area contributed by atoms with E-state index in [4.69, 9.17) is 9.84 Å². The summed E-state index contributed by atoms with van der Waals surface area (Å²) >= 11 is 0. The summed E-state index contributed by atoms with van der Waals surface area (Å²) in [4.78, 5) is 15.3.